The first-order valence-corrected chi connectivity index (χ1v) is 12.3. The smallest absolute Gasteiger partial charge is 0.407 e. The quantitative estimate of drug-likeness (QED) is 0.319. The van der Waals surface area contributed by atoms with Crippen LogP contribution in [-0.2, 0) is 25.3 Å². The molecule has 0 aliphatic rings. The SMILES string of the molecule is CCOP(C)(=O)Oc1ccc(NC(=O)CCCCCNC(=O)OC(C)(C)C)cc1CF. The van der Waals surface area contributed by atoms with Crippen LogP contribution in [0.5, 0.6) is 5.75 Å². The van der Waals surface area contributed by atoms with Gasteiger partial charge in [-0.1, -0.05) is 6.42 Å². The molecule has 0 aromatic heterocycles. The lowest BCUT2D eigenvalue weighted by molar-refractivity contribution is -0.116. The van der Waals surface area contributed by atoms with Gasteiger partial charge >= 0.3 is 13.7 Å². The standard InChI is InChI=1S/C21H34FN2O6P/c1-6-28-31(5,27)30-18-12-11-17(14-16(18)15-22)24-19(25)10-8-7-9-13-23-20(26)29-21(2,3)4/h11-12,14H,6-10,13,15H2,1-5H3,(H,23,26)(H,24,25). The Morgan fingerprint density at radius 2 is 1.87 bits per heavy atom. The fourth-order valence-electron chi connectivity index (χ4n) is 2.61. The third-order valence-electron chi connectivity index (χ3n) is 3.86. The zero-order valence-electron chi connectivity index (χ0n) is 19.0. The Kier molecular flexibility index (Phi) is 11.0. The van der Waals surface area contributed by atoms with Gasteiger partial charge in [0, 0.05) is 30.9 Å². The van der Waals surface area contributed by atoms with Gasteiger partial charge in [-0.05, 0) is 58.7 Å². The topological polar surface area (TPSA) is 103 Å². The third kappa shape index (κ3) is 11.7. The van der Waals surface area contributed by atoms with E-state index >= 15 is 0 Å². The second kappa shape index (κ2) is 12.7. The maximum Gasteiger partial charge on any atom is 0.407 e. The minimum atomic E-state index is -3.33. The van der Waals surface area contributed by atoms with Crippen LogP contribution in [0.1, 0.15) is 58.9 Å². The molecule has 10 heteroatoms. The van der Waals surface area contributed by atoms with Crippen LogP contribution in [0, 0.1) is 0 Å². The molecule has 1 atom stereocenters. The Morgan fingerprint density at radius 3 is 2.48 bits per heavy atom. The average Bonchev–Trinajstić information content (AvgIpc) is 2.64. The van der Waals surface area contributed by atoms with Crippen molar-refractivity contribution < 1.29 is 32.3 Å². The van der Waals surface area contributed by atoms with Crippen LogP contribution in [0.4, 0.5) is 14.9 Å². The molecule has 1 unspecified atom stereocenters. The van der Waals surface area contributed by atoms with E-state index in [0.29, 0.717) is 25.1 Å². The van der Waals surface area contributed by atoms with E-state index in [1.807, 2.05) is 0 Å². The van der Waals surface area contributed by atoms with E-state index in [-0.39, 0.29) is 23.8 Å². The Labute approximate surface area is 183 Å². The van der Waals surface area contributed by atoms with E-state index in [1.54, 1.807) is 33.8 Å². The van der Waals surface area contributed by atoms with E-state index in [0.717, 1.165) is 12.8 Å². The molecule has 0 bridgehead atoms. The van der Waals surface area contributed by atoms with Crippen LogP contribution >= 0.6 is 7.60 Å². The van der Waals surface area contributed by atoms with Gasteiger partial charge in [0.25, 0.3) is 0 Å². The summed E-state index contributed by atoms with van der Waals surface area (Å²) in [6, 6.07) is 4.47. The number of nitrogens with one attached hydrogen (secondary N) is 2. The fourth-order valence-corrected chi connectivity index (χ4v) is 3.66. The number of alkyl carbamates (subject to hydrolysis) is 1. The second-order valence-corrected chi connectivity index (χ2v) is 10.0. The molecular formula is C21H34FN2O6P. The molecule has 1 aromatic rings. The molecule has 8 nitrogen and oxygen atoms in total. The third-order valence-corrected chi connectivity index (χ3v) is 5.12. The molecular weight excluding hydrogens is 426 g/mol. The number of hydrogen-bond donors (Lipinski definition) is 2. The highest BCUT2D eigenvalue weighted by molar-refractivity contribution is 7.53. The number of anilines is 1. The number of rotatable bonds is 12. The Hall–Kier alpha value is -2.12. The van der Waals surface area contributed by atoms with Crippen LogP contribution in [0.15, 0.2) is 18.2 Å². The summed E-state index contributed by atoms with van der Waals surface area (Å²) >= 11 is 0. The number of alkyl halides is 1. The molecule has 0 fully saturated rings. The van der Waals surface area contributed by atoms with Crippen molar-refractivity contribution in [3.05, 3.63) is 23.8 Å². The van der Waals surface area contributed by atoms with Gasteiger partial charge in [0.1, 0.15) is 18.0 Å². The lowest BCUT2D eigenvalue weighted by Crippen LogP contribution is -2.33. The fraction of sp³-hybridized carbons (Fsp3) is 0.619. The summed E-state index contributed by atoms with van der Waals surface area (Å²) in [5.74, 6) is -0.0775. The van der Waals surface area contributed by atoms with Crippen LogP contribution in [-0.4, -0.2) is 37.4 Å². The number of unbranched alkanes of at least 4 members (excludes halogenated alkanes) is 2. The van der Waals surface area contributed by atoms with E-state index in [4.69, 9.17) is 13.8 Å². The molecule has 0 heterocycles. The molecule has 0 saturated carbocycles. The summed E-state index contributed by atoms with van der Waals surface area (Å²) < 4.78 is 41.0. The molecule has 2 amide bonds. The van der Waals surface area contributed by atoms with Gasteiger partial charge in [0.2, 0.25) is 5.91 Å². The largest absolute Gasteiger partial charge is 0.444 e. The van der Waals surface area contributed by atoms with Crippen LogP contribution in [0.2, 0.25) is 0 Å². The maximum absolute atomic E-state index is 13.4. The zero-order chi connectivity index (χ0) is 23.5. The van der Waals surface area contributed by atoms with Gasteiger partial charge in [-0.2, -0.15) is 0 Å². The van der Waals surface area contributed by atoms with Crippen molar-refractivity contribution in [3.8, 4) is 5.75 Å². The normalized spacial score (nSPS) is 13.2. The van der Waals surface area contributed by atoms with Crippen molar-refractivity contribution in [2.45, 2.75) is 65.7 Å². The van der Waals surface area contributed by atoms with Crippen molar-refractivity contribution in [2.24, 2.45) is 0 Å². The molecule has 1 rings (SSSR count). The summed E-state index contributed by atoms with van der Waals surface area (Å²) in [4.78, 5) is 23.7. The molecule has 0 spiro atoms. The summed E-state index contributed by atoms with van der Waals surface area (Å²) in [6.07, 6.45) is 1.97. The van der Waals surface area contributed by atoms with E-state index in [2.05, 4.69) is 10.6 Å². The number of benzene rings is 1. The first kappa shape index (κ1) is 26.9. The monoisotopic (exact) mass is 460 g/mol. The van der Waals surface area contributed by atoms with E-state index in [9.17, 15) is 18.5 Å². The van der Waals surface area contributed by atoms with Crippen LogP contribution in [0.3, 0.4) is 0 Å². The highest BCUT2D eigenvalue weighted by Crippen LogP contribution is 2.45. The van der Waals surface area contributed by atoms with Crippen molar-refractivity contribution in [3.63, 3.8) is 0 Å². The number of carbonyl (C=O) groups is 2. The summed E-state index contributed by atoms with van der Waals surface area (Å²) in [5, 5.41) is 5.39. The van der Waals surface area contributed by atoms with Crippen molar-refractivity contribution in [2.75, 3.05) is 25.1 Å². The first-order valence-electron chi connectivity index (χ1n) is 10.3. The molecule has 31 heavy (non-hydrogen) atoms. The molecule has 2 N–H and O–H groups in total. The second-order valence-electron chi connectivity index (χ2n) is 8.02. The summed E-state index contributed by atoms with van der Waals surface area (Å²) in [6.45, 7) is 8.24. The number of halogens is 1. The molecule has 1 aromatic carbocycles. The molecule has 176 valence electrons. The van der Waals surface area contributed by atoms with Gasteiger partial charge in [-0.15, -0.1) is 0 Å². The minimum Gasteiger partial charge on any atom is -0.444 e. The zero-order valence-corrected chi connectivity index (χ0v) is 19.9. The van der Waals surface area contributed by atoms with Gasteiger partial charge in [0.15, 0.2) is 0 Å². The highest BCUT2D eigenvalue weighted by Gasteiger charge is 2.20. The average molecular weight is 460 g/mol. The van der Waals surface area contributed by atoms with Gasteiger partial charge in [-0.3, -0.25) is 4.79 Å². The molecule has 0 aliphatic carbocycles. The summed E-state index contributed by atoms with van der Waals surface area (Å²) in [5.41, 5.74) is 0.0697. The van der Waals surface area contributed by atoms with E-state index < -0.39 is 26.0 Å². The molecule has 0 aliphatic heterocycles. The Morgan fingerprint density at radius 1 is 1.16 bits per heavy atom. The highest BCUT2D eigenvalue weighted by atomic mass is 31.2. The number of carbonyl (C=O) groups excluding carboxylic acids is 2. The van der Waals surface area contributed by atoms with Gasteiger partial charge in [0.05, 0.1) is 6.61 Å². The Balaban J connectivity index is 2.40. The number of amides is 2. The molecule has 0 radical (unpaired) electrons. The lowest BCUT2D eigenvalue weighted by atomic mass is 10.1. The predicted octanol–water partition coefficient (Wildman–Crippen LogP) is 5.42. The van der Waals surface area contributed by atoms with Crippen molar-refractivity contribution in [1.82, 2.24) is 5.32 Å². The number of hydrogen-bond acceptors (Lipinski definition) is 6. The maximum atomic E-state index is 13.4. The number of ether oxygens (including phenoxy) is 1. The Bertz CT molecular complexity index is 782. The van der Waals surface area contributed by atoms with Gasteiger partial charge in [-0.25, -0.2) is 13.8 Å². The van der Waals surface area contributed by atoms with Crippen molar-refractivity contribution in [1.29, 1.82) is 0 Å². The van der Waals surface area contributed by atoms with Crippen LogP contribution < -0.4 is 15.2 Å². The minimum absolute atomic E-state index is 0.122. The van der Waals surface area contributed by atoms with Gasteiger partial charge < -0.3 is 24.4 Å². The van der Waals surface area contributed by atoms with Crippen molar-refractivity contribution >= 4 is 25.3 Å². The lowest BCUT2D eigenvalue weighted by Gasteiger charge is -2.19. The summed E-state index contributed by atoms with van der Waals surface area (Å²) in [7, 11) is -3.33. The van der Waals surface area contributed by atoms with E-state index in [1.165, 1.54) is 18.8 Å². The van der Waals surface area contributed by atoms with Crippen LogP contribution in [0.25, 0.3) is 0 Å². The predicted molar refractivity (Wildman–Crippen MR) is 118 cm³/mol. The first-order chi connectivity index (χ1) is 14.5. The molecule has 0 saturated heterocycles.